The van der Waals surface area contributed by atoms with Gasteiger partial charge in [-0.25, -0.2) is 0 Å². The number of hydrogen-bond acceptors (Lipinski definition) is 8. The number of carbonyl (C=O) groups is 4. The fraction of sp³-hybridized carbons (Fsp3) is 0.922. The van der Waals surface area contributed by atoms with Gasteiger partial charge in [-0.3, -0.25) is 19.2 Å². The van der Waals surface area contributed by atoms with E-state index in [2.05, 4.69) is 41.5 Å². The van der Waals surface area contributed by atoms with Crippen LogP contribution in [-0.2, 0) is 38.1 Å². The van der Waals surface area contributed by atoms with Crippen molar-refractivity contribution in [3.8, 4) is 0 Å². The van der Waals surface area contributed by atoms with Crippen molar-refractivity contribution in [2.24, 2.45) is 5.92 Å². The van der Waals surface area contributed by atoms with Crippen LogP contribution in [0, 0.1) is 5.92 Å². The average Bonchev–Trinajstić information content (AvgIpc) is 3.23. The molecule has 0 aromatic rings. The zero-order valence-corrected chi connectivity index (χ0v) is 40.0. The summed E-state index contributed by atoms with van der Waals surface area (Å²) in [6.45, 7) is 13.6. The first kappa shape index (κ1) is 59.0. The van der Waals surface area contributed by atoms with Crippen LogP contribution < -0.4 is 0 Å². The summed E-state index contributed by atoms with van der Waals surface area (Å²) in [5, 5.41) is 0. The van der Waals surface area contributed by atoms with E-state index >= 15 is 0 Å². The van der Waals surface area contributed by atoms with Gasteiger partial charge in [-0.2, -0.15) is 0 Å². The molecule has 0 aliphatic rings. The topological polar surface area (TPSA) is 105 Å². The van der Waals surface area contributed by atoms with Gasteiger partial charge in [0.15, 0.2) is 6.10 Å². The fourth-order valence-corrected chi connectivity index (χ4v) is 6.96. The summed E-state index contributed by atoms with van der Waals surface area (Å²) in [7, 11) is 0. The van der Waals surface area contributed by atoms with Gasteiger partial charge in [-0.15, -0.1) is 0 Å². The molecule has 0 aromatic heterocycles. The lowest BCUT2D eigenvalue weighted by Crippen LogP contribution is -2.30. The van der Waals surface area contributed by atoms with Crippen LogP contribution >= 0.6 is 0 Å². The molecule has 0 bridgehead atoms. The lowest BCUT2D eigenvalue weighted by atomic mass is 10.0. The van der Waals surface area contributed by atoms with E-state index in [0.717, 1.165) is 89.9 Å². The van der Waals surface area contributed by atoms with Crippen molar-refractivity contribution in [1.29, 1.82) is 0 Å². The van der Waals surface area contributed by atoms with Crippen LogP contribution in [0.4, 0.5) is 0 Å². The Kier molecular flexibility index (Phi) is 48.5. The minimum absolute atomic E-state index is 0.0167. The number of rotatable bonds is 43. The van der Waals surface area contributed by atoms with Crippen LogP contribution in [-0.4, -0.2) is 49.8 Å². The molecule has 0 aromatic carbocycles. The molecule has 0 heterocycles. The molecular formula is C51H98O8. The minimum atomic E-state index is -0.749. The van der Waals surface area contributed by atoms with E-state index < -0.39 is 6.10 Å². The Morgan fingerprint density at radius 1 is 0.322 bits per heavy atom. The molecule has 8 nitrogen and oxygen atoms in total. The summed E-state index contributed by atoms with van der Waals surface area (Å²) in [5.41, 5.74) is 0. The van der Waals surface area contributed by atoms with Gasteiger partial charge in [0.2, 0.25) is 0 Å². The summed E-state index contributed by atoms with van der Waals surface area (Å²) < 4.78 is 21.6. The first-order chi connectivity index (χ1) is 28.8. The first-order valence-electron chi connectivity index (χ1n) is 25.4. The average molecular weight is 839 g/mol. The Balaban J connectivity index is 0. The van der Waals surface area contributed by atoms with Gasteiger partial charge in [0.1, 0.15) is 13.2 Å². The summed E-state index contributed by atoms with van der Waals surface area (Å²) >= 11 is 0. The molecule has 0 saturated heterocycles. The second-order valence-electron chi connectivity index (χ2n) is 17.1. The van der Waals surface area contributed by atoms with E-state index in [4.69, 9.17) is 18.9 Å². The molecule has 0 N–H and O–H groups in total. The fourth-order valence-electron chi connectivity index (χ4n) is 6.96. The Labute approximate surface area is 365 Å². The maximum atomic E-state index is 12.2. The molecule has 0 saturated carbocycles. The molecule has 0 fully saturated rings. The minimum Gasteiger partial charge on any atom is -0.465 e. The molecule has 0 spiro atoms. The van der Waals surface area contributed by atoms with E-state index in [9.17, 15) is 19.2 Å². The lowest BCUT2D eigenvalue weighted by Gasteiger charge is -2.18. The standard InChI is InChI=1S/C27H50O6.C24H48O2/c1-4-7-10-13-16-19-25(28)31-22-24(33-27(30)21-18-15-12-9-6-3)23-32-26(29)20-17-14-11-8-5-2;1-4-7-9-10-11-12-13-14-15-16-17-18-19-21-24(25)26-22-23(6-3)20-8-5-2/h24H,4-23H2,1-3H3;23H,4-22H2,1-3H3. The lowest BCUT2D eigenvalue weighted by molar-refractivity contribution is -0.167. The summed E-state index contributed by atoms with van der Waals surface area (Å²) in [5.74, 6) is -0.347. The largest absolute Gasteiger partial charge is 0.465 e. The Morgan fingerprint density at radius 3 is 0.898 bits per heavy atom. The van der Waals surface area contributed by atoms with Crippen LogP contribution in [0.15, 0.2) is 0 Å². The smallest absolute Gasteiger partial charge is 0.306 e. The normalized spacial score (nSPS) is 11.5. The molecule has 8 heteroatoms. The zero-order chi connectivity index (χ0) is 43.9. The van der Waals surface area contributed by atoms with Crippen LogP contribution in [0.3, 0.4) is 0 Å². The van der Waals surface area contributed by atoms with Gasteiger partial charge in [-0.1, -0.05) is 215 Å². The molecule has 1 unspecified atom stereocenters. The molecule has 0 aliphatic heterocycles. The van der Waals surface area contributed by atoms with Gasteiger partial charge in [0, 0.05) is 25.7 Å². The Bertz CT molecular complexity index is 891. The molecule has 0 amide bonds. The van der Waals surface area contributed by atoms with Crippen molar-refractivity contribution in [3.63, 3.8) is 0 Å². The van der Waals surface area contributed by atoms with Crippen LogP contribution in [0.1, 0.15) is 273 Å². The van der Waals surface area contributed by atoms with Gasteiger partial charge in [-0.05, 0) is 38.0 Å². The van der Waals surface area contributed by atoms with E-state index in [1.54, 1.807) is 0 Å². The molecule has 350 valence electrons. The van der Waals surface area contributed by atoms with Crippen molar-refractivity contribution in [3.05, 3.63) is 0 Å². The highest BCUT2D eigenvalue weighted by atomic mass is 16.6. The second kappa shape index (κ2) is 48.5. The third-order valence-electron chi connectivity index (χ3n) is 11.1. The highest BCUT2D eigenvalue weighted by molar-refractivity contribution is 5.71. The summed E-state index contributed by atoms with van der Waals surface area (Å²) in [6, 6.07) is 0. The number of unbranched alkanes of at least 4 members (excludes halogenated alkanes) is 25. The molecule has 0 rings (SSSR count). The quantitative estimate of drug-likeness (QED) is 0.0340. The maximum absolute atomic E-state index is 12.2. The Hall–Kier alpha value is -2.12. The first-order valence-corrected chi connectivity index (χ1v) is 25.4. The highest BCUT2D eigenvalue weighted by Gasteiger charge is 2.19. The molecule has 0 radical (unpaired) electrons. The molecule has 0 aliphatic carbocycles. The van der Waals surface area contributed by atoms with Gasteiger partial charge >= 0.3 is 23.9 Å². The van der Waals surface area contributed by atoms with Crippen molar-refractivity contribution < 1.29 is 38.1 Å². The van der Waals surface area contributed by atoms with E-state index in [1.165, 1.54) is 116 Å². The molecule has 59 heavy (non-hydrogen) atoms. The van der Waals surface area contributed by atoms with Gasteiger partial charge in [0.25, 0.3) is 0 Å². The Morgan fingerprint density at radius 2 is 0.593 bits per heavy atom. The van der Waals surface area contributed by atoms with Crippen LogP contribution in [0.25, 0.3) is 0 Å². The highest BCUT2D eigenvalue weighted by Crippen LogP contribution is 2.16. The maximum Gasteiger partial charge on any atom is 0.306 e. The van der Waals surface area contributed by atoms with Crippen molar-refractivity contribution in [1.82, 2.24) is 0 Å². The number of esters is 4. The zero-order valence-electron chi connectivity index (χ0n) is 40.0. The summed E-state index contributed by atoms with van der Waals surface area (Å²) in [6.07, 6.45) is 38.9. The van der Waals surface area contributed by atoms with Gasteiger partial charge in [0.05, 0.1) is 6.61 Å². The molecular weight excluding hydrogens is 741 g/mol. The van der Waals surface area contributed by atoms with Crippen molar-refractivity contribution >= 4 is 23.9 Å². The van der Waals surface area contributed by atoms with E-state index in [1.807, 2.05) is 0 Å². The van der Waals surface area contributed by atoms with Crippen molar-refractivity contribution in [2.75, 3.05) is 19.8 Å². The number of ether oxygens (including phenoxy) is 4. The third kappa shape index (κ3) is 46.8. The SMILES string of the molecule is CCCCCCCC(=O)OCC(COC(=O)CCCCCCC)OC(=O)CCCCCCC.CCCCCCCCCCCCCCCC(=O)OCC(CC)CCCC. The van der Waals surface area contributed by atoms with E-state index in [0.29, 0.717) is 38.2 Å². The number of carbonyl (C=O) groups excluding carboxylic acids is 4. The summed E-state index contributed by atoms with van der Waals surface area (Å²) in [4.78, 5) is 48.1. The number of hydrogen-bond donors (Lipinski definition) is 0. The predicted molar refractivity (Wildman–Crippen MR) is 247 cm³/mol. The van der Waals surface area contributed by atoms with Crippen LogP contribution in [0.2, 0.25) is 0 Å². The third-order valence-corrected chi connectivity index (χ3v) is 11.1. The van der Waals surface area contributed by atoms with Gasteiger partial charge < -0.3 is 18.9 Å². The van der Waals surface area contributed by atoms with Crippen molar-refractivity contribution in [2.45, 2.75) is 279 Å². The second-order valence-corrected chi connectivity index (χ2v) is 17.1. The molecule has 1 atom stereocenters. The van der Waals surface area contributed by atoms with Crippen LogP contribution in [0.5, 0.6) is 0 Å². The predicted octanol–water partition coefficient (Wildman–Crippen LogP) is 15.3. The van der Waals surface area contributed by atoms with E-state index in [-0.39, 0.29) is 37.1 Å². The monoisotopic (exact) mass is 839 g/mol.